The molecule has 0 aliphatic carbocycles. The van der Waals surface area contributed by atoms with E-state index in [0.29, 0.717) is 24.3 Å². The number of urea groups is 1. The van der Waals surface area contributed by atoms with Crippen LogP contribution in [0.25, 0.3) is 0 Å². The average Bonchev–Trinajstić information content (AvgIpc) is 2.82. The van der Waals surface area contributed by atoms with Crippen LogP contribution in [0.5, 0.6) is 0 Å². The highest BCUT2D eigenvalue weighted by molar-refractivity contribution is 7.99. The zero-order valence-electron chi connectivity index (χ0n) is 19.5. The lowest BCUT2D eigenvalue weighted by Gasteiger charge is -2.30. The van der Waals surface area contributed by atoms with Gasteiger partial charge in [-0.3, -0.25) is 9.69 Å². The van der Waals surface area contributed by atoms with Gasteiger partial charge in [-0.05, 0) is 88.6 Å². The number of hydrogen-bond donors (Lipinski definition) is 2. The van der Waals surface area contributed by atoms with Crippen LogP contribution in [0.3, 0.4) is 0 Å². The molecule has 2 aliphatic heterocycles. The zero-order valence-corrected chi connectivity index (χ0v) is 20.3. The van der Waals surface area contributed by atoms with E-state index >= 15 is 0 Å². The number of hydrogen-bond acceptors (Lipinski definition) is 5. The van der Waals surface area contributed by atoms with E-state index in [2.05, 4.69) is 20.5 Å². The fourth-order valence-corrected chi connectivity index (χ4v) is 5.54. The summed E-state index contributed by atoms with van der Waals surface area (Å²) in [6, 6.07) is 8.89. The molecule has 7 nitrogen and oxygen atoms in total. The fraction of sp³-hybridized carbons (Fsp3) is 0.480. The SMILES string of the molecule is Cc1cc(C)c2c(n1)SCCN2C(=O)Nc1ccc(C(=O)NCCCN2CCCCC2)cc1. The number of aromatic nitrogens is 1. The maximum absolute atomic E-state index is 13.0. The predicted molar refractivity (Wildman–Crippen MR) is 134 cm³/mol. The number of aryl methyl sites for hydroxylation is 2. The van der Waals surface area contributed by atoms with Crippen LogP contribution in [0.2, 0.25) is 0 Å². The predicted octanol–water partition coefficient (Wildman–Crippen LogP) is 4.45. The molecule has 0 unspecified atom stereocenters. The second-order valence-electron chi connectivity index (χ2n) is 8.75. The quantitative estimate of drug-likeness (QED) is 0.614. The van der Waals surface area contributed by atoms with Crippen molar-refractivity contribution in [1.82, 2.24) is 15.2 Å². The lowest BCUT2D eigenvalue weighted by atomic mass is 10.1. The molecule has 1 aromatic carbocycles. The molecular weight excluding hydrogens is 434 g/mol. The van der Waals surface area contributed by atoms with Crippen molar-refractivity contribution in [2.75, 3.05) is 48.7 Å². The van der Waals surface area contributed by atoms with Crippen molar-refractivity contribution >= 4 is 35.1 Å². The zero-order chi connectivity index (χ0) is 23.2. The first-order valence-corrected chi connectivity index (χ1v) is 12.8. The van der Waals surface area contributed by atoms with Gasteiger partial charge in [0.1, 0.15) is 5.03 Å². The average molecular weight is 468 g/mol. The van der Waals surface area contributed by atoms with Gasteiger partial charge >= 0.3 is 6.03 Å². The second kappa shape index (κ2) is 11.0. The monoisotopic (exact) mass is 467 g/mol. The molecule has 1 fully saturated rings. The number of anilines is 2. The molecule has 176 valence electrons. The number of benzene rings is 1. The number of rotatable bonds is 6. The molecule has 1 saturated heterocycles. The summed E-state index contributed by atoms with van der Waals surface area (Å²) in [7, 11) is 0. The summed E-state index contributed by atoms with van der Waals surface area (Å²) in [4.78, 5) is 34.3. The summed E-state index contributed by atoms with van der Waals surface area (Å²) in [6.07, 6.45) is 4.87. The number of piperidine rings is 1. The molecular formula is C25H33N5O2S. The normalized spacial score (nSPS) is 16.2. The number of thioether (sulfide) groups is 1. The van der Waals surface area contributed by atoms with Gasteiger partial charge in [0.05, 0.1) is 5.69 Å². The topological polar surface area (TPSA) is 77.6 Å². The number of pyridine rings is 1. The minimum Gasteiger partial charge on any atom is -0.352 e. The van der Waals surface area contributed by atoms with Crippen molar-refractivity contribution in [2.24, 2.45) is 0 Å². The smallest absolute Gasteiger partial charge is 0.326 e. The van der Waals surface area contributed by atoms with Crippen molar-refractivity contribution in [1.29, 1.82) is 0 Å². The van der Waals surface area contributed by atoms with E-state index < -0.39 is 0 Å². The van der Waals surface area contributed by atoms with Gasteiger partial charge in [0.15, 0.2) is 0 Å². The van der Waals surface area contributed by atoms with Crippen LogP contribution in [0.15, 0.2) is 35.4 Å². The molecule has 0 bridgehead atoms. The van der Waals surface area contributed by atoms with Crippen molar-refractivity contribution in [2.45, 2.75) is 44.6 Å². The van der Waals surface area contributed by atoms with Crippen LogP contribution < -0.4 is 15.5 Å². The van der Waals surface area contributed by atoms with Crippen molar-refractivity contribution in [3.63, 3.8) is 0 Å². The molecule has 0 spiro atoms. The van der Waals surface area contributed by atoms with E-state index in [1.165, 1.54) is 32.4 Å². The maximum atomic E-state index is 13.0. The van der Waals surface area contributed by atoms with Gasteiger partial charge in [0, 0.05) is 35.8 Å². The summed E-state index contributed by atoms with van der Waals surface area (Å²) < 4.78 is 0. The van der Waals surface area contributed by atoms with Crippen LogP contribution in [-0.4, -0.2) is 60.3 Å². The minimum absolute atomic E-state index is 0.0782. The van der Waals surface area contributed by atoms with Crippen molar-refractivity contribution in [3.05, 3.63) is 47.2 Å². The summed E-state index contributed by atoms with van der Waals surface area (Å²) in [5.74, 6) is 0.735. The Balaban J connectivity index is 1.29. The Kier molecular flexibility index (Phi) is 7.88. The van der Waals surface area contributed by atoms with E-state index in [9.17, 15) is 9.59 Å². The minimum atomic E-state index is -0.180. The molecule has 0 saturated carbocycles. The number of carbonyl (C=O) groups is 2. The Labute approximate surface area is 200 Å². The number of amides is 3. The number of carbonyl (C=O) groups excluding carboxylic acids is 2. The van der Waals surface area contributed by atoms with Crippen LogP contribution in [-0.2, 0) is 0 Å². The maximum Gasteiger partial charge on any atom is 0.326 e. The summed E-state index contributed by atoms with van der Waals surface area (Å²) in [5.41, 5.74) is 4.16. The first-order valence-electron chi connectivity index (χ1n) is 11.8. The van der Waals surface area contributed by atoms with Crippen molar-refractivity contribution < 1.29 is 9.59 Å². The molecule has 3 heterocycles. The van der Waals surface area contributed by atoms with Gasteiger partial charge in [0.25, 0.3) is 5.91 Å². The Morgan fingerprint density at radius 3 is 2.58 bits per heavy atom. The number of nitrogens with zero attached hydrogens (tertiary/aromatic N) is 3. The Morgan fingerprint density at radius 1 is 1.06 bits per heavy atom. The highest BCUT2D eigenvalue weighted by atomic mass is 32.2. The first-order chi connectivity index (χ1) is 16.0. The van der Waals surface area contributed by atoms with Crippen molar-refractivity contribution in [3.8, 4) is 0 Å². The number of fused-ring (bicyclic) bond motifs is 1. The van der Waals surface area contributed by atoms with Gasteiger partial charge in [-0.15, -0.1) is 11.8 Å². The molecule has 2 aliphatic rings. The van der Waals surface area contributed by atoms with Gasteiger partial charge in [-0.2, -0.15) is 0 Å². The van der Waals surface area contributed by atoms with E-state index in [-0.39, 0.29) is 11.9 Å². The second-order valence-corrected chi connectivity index (χ2v) is 9.84. The molecule has 3 amide bonds. The standard InChI is InChI=1S/C25H33N5O2S/c1-18-17-19(2)27-24-22(18)30(15-16-33-24)25(32)28-21-9-7-20(8-10-21)23(31)26-11-6-14-29-12-4-3-5-13-29/h7-10,17H,3-6,11-16H2,1-2H3,(H,26,31)(H,28,32). The molecule has 33 heavy (non-hydrogen) atoms. The van der Waals surface area contributed by atoms with E-state index in [4.69, 9.17) is 0 Å². The molecule has 2 aromatic rings. The third-order valence-electron chi connectivity index (χ3n) is 6.13. The third kappa shape index (κ3) is 6.06. The highest BCUT2D eigenvalue weighted by Crippen LogP contribution is 2.36. The molecule has 1 aromatic heterocycles. The van der Waals surface area contributed by atoms with E-state index in [1.807, 2.05) is 19.9 Å². The van der Waals surface area contributed by atoms with Crippen LogP contribution >= 0.6 is 11.8 Å². The van der Waals surface area contributed by atoms with E-state index in [0.717, 1.165) is 40.7 Å². The largest absolute Gasteiger partial charge is 0.352 e. The number of likely N-dealkylation sites (tertiary alicyclic amines) is 1. The van der Waals surface area contributed by atoms with Gasteiger partial charge < -0.3 is 15.5 Å². The van der Waals surface area contributed by atoms with Gasteiger partial charge in [-0.1, -0.05) is 6.42 Å². The van der Waals surface area contributed by atoms with Crippen LogP contribution in [0.4, 0.5) is 16.2 Å². The Morgan fingerprint density at radius 2 is 1.82 bits per heavy atom. The first kappa shape index (κ1) is 23.6. The third-order valence-corrected chi connectivity index (χ3v) is 7.08. The van der Waals surface area contributed by atoms with Gasteiger partial charge in [-0.25, -0.2) is 9.78 Å². The lowest BCUT2D eigenvalue weighted by molar-refractivity contribution is 0.0951. The van der Waals surface area contributed by atoms with Gasteiger partial charge in [0.2, 0.25) is 0 Å². The molecule has 8 heteroatoms. The highest BCUT2D eigenvalue weighted by Gasteiger charge is 2.26. The van der Waals surface area contributed by atoms with E-state index in [1.54, 1.807) is 40.9 Å². The summed E-state index contributed by atoms with van der Waals surface area (Å²) in [6.45, 7) is 8.69. The summed E-state index contributed by atoms with van der Waals surface area (Å²) in [5, 5.41) is 6.87. The van der Waals surface area contributed by atoms with Crippen LogP contribution in [0, 0.1) is 13.8 Å². The number of nitrogens with one attached hydrogen (secondary N) is 2. The Hall–Kier alpha value is -2.58. The Bertz CT molecular complexity index is 989. The summed E-state index contributed by atoms with van der Waals surface area (Å²) >= 11 is 1.69. The molecule has 0 radical (unpaired) electrons. The lowest BCUT2D eigenvalue weighted by Crippen LogP contribution is -2.39. The molecule has 4 rings (SSSR count). The molecule has 0 atom stereocenters. The molecule has 2 N–H and O–H groups in total. The van der Waals surface area contributed by atoms with Crippen LogP contribution in [0.1, 0.15) is 47.3 Å². The fourth-order valence-electron chi connectivity index (χ4n) is 4.46.